The van der Waals surface area contributed by atoms with Crippen LogP contribution in [0.2, 0.25) is 0 Å². The maximum Gasteiger partial charge on any atom is 0.240 e. The predicted octanol–water partition coefficient (Wildman–Crippen LogP) is 2.63. The molecule has 1 atom stereocenters. The molecular formula is C24H29N3O4S. The average Bonchev–Trinajstić information content (AvgIpc) is 3.17. The van der Waals surface area contributed by atoms with E-state index < -0.39 is 10.0 Å². The van der Waals surface area contributed by atoms with Crippen LogP contribution in [-0.2, 0) is 19.6 Å². The summed E-state index contributed by atoms with van der Waals surface area (Å²) in [7, 11) is -3.57. The Morgan fingerprint density at radius 2 is 1.69 bits per heavy atom. The molecule has 1 N–H and O–H groups in total. The minimum Gasteiger partial charge on any atom is -0.342 e. The van der Waals surface area contributed by atoms with Gasteiger partial charge in [-0.25, -0.2) is 13.1 Å². The first-order valence-corrected chi connectivity index (χ1v) is 12.5. The van der Waals surface area contributed by atoms with E-state index in [4.69, 9.17) is 0 Å². The van der Waals surface area contributed by atoms with Crippen LogP contribution in [0.1, 0.15) is 30.4 Å². The zero-order valence-corrected chi connectivity index (χ0v) is 19.3. The molecule has 2 aliphatic heterocycles. The second-order valence-corrected chi connectivity index (χ2v) is 10.4. The second-order valence-electron chi connectivity index (χ2n) is 8.71. The molecule has 2 aromatic carbocycles. The van der Waals surface area contributed by atoms with Gasteiger partial charge in [0, 0.05) is 37.8 Å². The van der Waals surface area contributed by atoms with Crippen LogP contribution in [0.25, 0.3) is 0 Å². The van der Waals surface area contributed by atoms with Crippen LogP contribution in [0.5, 0.6) is 0 Å². The van der Waals surface area contributed by atoms with Crippen molar-refractivity contribution in [1.29, 1.82) is 0 Å². The standard InChI is InChI=1S/C24H29N3O4S/c1-17-8-9-21(14-18(17)2)27-16-19(15-23(27)28)24(29)26-12-10-20(11-13-26)25-32(30,31)22-6-4-3-5-7-22/h3-9,14,19-20,25H,10-13,15-16H2,1-2H3/t19-/m1/s1. The van der Waals surface area contributed by atoms with Crippen molar-refractivity contribution < 1.29 is 18.0 Å². The highest BCUT2D eigenvalue weighted by Gasteiger charge is 2.38. The highest BCUT2D eigenvalue weighted by molar-refractivity contribution is 7.89. The van der Waals surface area contributed by atoms with Crippen LogP contribution < -0.4 is 9.62 Å². The Kier molecular flexibility index (Phi) is 6.35. The first-order chi connectivity index (χ1) is 15.2. The van der Waals surface area contributed by atoms with Gasteiger partial charge in [0.2, 0.25) is 21.8 Å². The summed E-state index contributed by atoms with van der Waals surface area (Å²) in [5.74, 6) is -0.409. The molecule has 2 fully saturated rings. The van der Waals surface area contributed by atoms with E-state index in [0.29, 0.717) is 32.5 Å². The number of hydrogen-bond donors (Lipinski definition) is 1. The third kappa shape index (κ3) is 4.71. The molecule has 0 bridgehead atoms. The monoisotopic (exact) mass is 455 g/mol. The van der Waals surface area contributed by atoms with Crippen LogP contribution >= 0.6 is 0 Å². The number of anilines is 1. The summed E-state index contributed by atoms with van der Waals surface area (Å²) in [6, 6.07) is 14.0. The third-order valence-electron chi connectivity index (χ3n) is 6.46. The third-order valence-corrected chi connectivity index (χ3v) is 7.99. The highest BCUT2D eigenvalue weighted by Crippen LogP contribution is 2.28. The van der Waals surface area contributed by atoms with E-state index >= 15 is 0 Å². The molecule has 0 unspecified atom stereocenters. The van der Waals surface area contributed by atoms with Gasteiger partial charge in [-0.3, -0.25) is 9.59 Å². The number of carbonyl (C=O) groups is 2. The van der Waals surface area contributed by atoms with Crippen molar-refractivity contribution in [3.8, 4) is 0 Å². The summed E-state index contributed by atoms with van der Waals surface area (Å²) in [4.78, 5) is 29.4. The Morgan fingerprint density at radius 1 is 1.00 bits per heavy atom. The maximum atomic E-state index is 13.1. The molecule has 0 aromatic heterocycles. The van der Waals surface area contributed by atoms with Crippen LogP contribution in [-0.4, -0.2) is 50.8 Å². The molecule has 4 rings (SSSR count). The van der Waals surface area contributed by atoms with E-state index in [1.165, 1.54) is 5.56 Å². The zero-order valence-electron chi connectivity index (χ0n) is 18.5. The van der Waals surface area contributed by atoms with E-state index in [-0.39, 0.29) is 35.1 Å². The molecule has 0 aliphatic carbocycles. The van der Waals surface area contributed by atoms with Gasteiger partial charge in [0.15, 0.2) is 0 Å². The molecular weight excluding hydrogens is 426 g/mol. The number of aryl methyl sites for hydroxylation is 2. The smallest absolute Gasteiger partial charge is 0.240 e. The fraction of sp³-hybridized carbons (Fsp3) is 0.417. The molecule has 0 spiro atoms. The number of rotatable bonds is 5. The lowest BCUT2D eigenvalue weighted by atomic mass is 10.0. The van der Waals surface area contributed by atoms with Crippen LogP contribution in [0.4, 0.5) is 5.69 Å². The number of likely N-dealkylation sites (tertiary alicyclic amines) is 1. The fourth-order valence-electron chi connectivity index (χ4n) is 4.38. The fourth-order valence-corrected chi connectivity index (χ4v) is 5.71. The molecule has 170 valence electrons. The number of nitrogens with zero attached hydrogens (tertiary/aromatic N) is 2. The summed E-state index contributed by atoms with van der Waals surface area (Å²) < 4.78 is 27.8. The highest BCUT2D eigenvalue weighted by atomic mass is 32.2. The minimum atomic E-state index is -3.57. The number of piperidine rings is 1. The van der Waals surface area contributed by atoms with Gasteiger partial charge in [0.05, 0.1) is 10.8 Å². The van der Waals surface area contributed by atoms with Crippen LogP contribution in [0.3, 0.4) is 0 Å². The normalized spacial score (nSPS) is 20.1. The topological polar surface area (TPSA) is 86.8 Å². The van der Waals surface area contributed by atoms with E-state index in [1.54, 1.807) is 40.1 Å². The largest absolute Gasteiger partial charge is 0.342 e. The summed E-state index contributed by atoms with van der Waals surface area (Å²) in [6.07, 6.45) is 1.32. The van der Waals surface area contributed by atoms with Gasteiger partial charge >= 0.3 is 0 Å². The molecule has 2 aliphatic rings. The van der Waals surface area contributed by atoms with Crippen molar-refractivity contribution in [3.63, 3.8) is 0 Å². The van der Waals surface area contributed by atoms with Crippen molar-refractivity contribution in [2.24, 2.45) is 5.92 Å². The van der Waals surface area contributed by atoms with Crippen LogP contribution in [0.15, 0.2) is 53.4 Å². The van der Waals surface area contributed by atoms with E-state index in [0.717, 1.165) is 11.3 Å². The van der Waals surface area contributed by atoms with Gasteiger partial charge in [-0.2, -0.15) is 0 Å². The molecule has 0 radical (unpaired) electrons. The molecule has 8 heteroatoms. The second kappa shape index (κ2) is 9.03. The Hall–Kier alpha value is -2.71. The van der Waals surface area contributed by atoms with Crippen molar-refractivity contribution in [2.45, 2.75) is 44.0 Å². The number of amides is 2. The van der Waals surface area contributed by atoms with Crippen molar-refractivity contribution in [3.05, 3.63) is 59.7 Å². The number of sulfonamides is 1. The predicted molar refractivity (Wildman–Crippen MR) is 123 cm³/mol. The first-order valence-electron chi connectivity index (χ1n) is 11.0. The molecule has 2 amide bonds. The number of hydrogen-bond acceptors (Lipinski definition) is 4. The minimum absolute atomic E-state index is 0.0194. The average molecular weight is 456 g/mol. The SMILES string of the molecule is Cc1ccc(N2C[C@H](C(=O)N3CCC(NS(=O)(=O)c4ccccc4)CC3)CC2=O)cc1C. The summed E-state index contributed by atoms with van der Waals surface area (Å²) in [5, 5.41) is 0. The Morgan fingerprint density at radius 3 is 2.34 bits per heavy atom. The van der Waals surface area contributed by atoms with Gasteiger partial charge in [0.25, 0.3) is 0 Å². The summed E-state index contributed by atoms with van der Waals surface area (Å²) in [5.41, 5.74) is 3.12. The van der Waals surface area contributed by atoms with Gasteiger partial charge in [0.1, 0.15) is 0 Å². The lowest BCUT2D eigenvalue weighted by Crippen LogP contribution is -2.48. The van der Waals surface area contributed by atoms with Gasteiger partial charge in [-0.15, -0.1) is 0 Å². The molecule has 2 aromatic rings. The van der Waals surface area contributed by atoms with E-state index in [9.17, 15) is 18.0 Å². The van der Waals surface area contributed by atoms with Crippen molar-refractivity contribution >= 4 is 27.5 Å². The van der Waals surface area contributed by atoms with Gasteiger partial charge in [-0.05, 0) is 62.1 Å². The lowest BCUT2D eigenvalue weighted by molar-refractivity contribution is -0.136. The molecule has 32 heavy (non-hydrogen) atoms. The molecule has 0 saturated carbocycles. The molecule has 2 heterocycles. The molecule has 7 nitrogen and oxygen atoms in total. The number of nitrogens with one attached hydrogen (secondary N) is 1. The number of carbonyl (C=O) groups excluding carboxylic acids is 2. The Labute approximate surface area is 189 Å². The van der Waals surface area contributed by atoms with E-state index in [1.807, 2.05) is 32.0 Å². The van der Waals surface area contributed by atoms with Crippen LogP contribution in [0, 0.1) is 19.8 Å². The van der Waals surface area contributed by atoms with Gasteiger partial charge in [-0.1, -0.05) is 24.3 Å². The Balaban J connectivity index is 1.33. The summed E-state index contributed by atoms with van der Waals surface area (Å²) in [6.45, 7) is 5.39. The summed E-state index contributed by atoms with van der Waals surface area (Å²) >= 11 is 0. The van der Waals surface area contributed by atoms with Crippen molar-refractivity contribution in [2.75, 3.05) is 24.5 Å². The van der Waals surface area contributed by atoms with Crippen molar-refractivity contribution in [1.82, 2.24) is 9.62 Å². The Bertz CT molecular complexity index is 1110. The van der Waals surface area contributed by atoms with E-state index in [2.05, 4.69) is 4.72 Å². The lowest BCUT2D eigenvalue weighted by Gasteiger charge is -2.33. The number of benzene rings is 2. The quantitative estimate of drug-likeness (QED) is 0.751. The molecule has 2 saturated heterocycles. The first kappa shape index (κ1) is 22.5. The maximum absolute atomic E-state index is 13.1. The van der Waals surface area contributed by atoms with Gasteiger partial charge < -0.3 is 9.80 Å². The zero-order chi connectivity index (χ0) is 22.9.